The molecule has 10 heteroatoms. The molecule has 6 rings (SSSR count). The summed E-state index contributed by atoms with van der Waals surface area (Å²) < 4.78 is 24.7. The molecule has 0 aliphatic heterocycles. The van der Waals surface area contributed by atoms with Crippen molar-refractivity contribution in [3.05, 3.63) is 191 Å². The Labute approximate surface area is 332 Å². The molecule has 0 saturated carbocycles. The molecule has 10 nitrogen and oxygen atoms in total. The molecule has 0 aliphatic rings. The number of rotatable bonds is 20. The van der Waals surface area contributed by atoms with Crippen molar-refractivity contribution in [2.45, 2.75) is 45.3 Å². The largest absolute Gasteiger partial charge is 0.485 e. The molecule has 1 atom stereocenters. The molecule has 3 amide bonds. The van der Waals surface area contributed by atoms with Crippen LogP contribution in [0.25, 0.3) is 0 Å². The van der Waals surface area contributed by atoms with Crippen LogP contribution in [0.2, 0.25) is 0 Å². The normalized spacial score (nSPS) is 11.2. The molecule has 0 fully saturated rings. The van der Waals surface area contributed by atoms with Crippen LogP contribution >= 0.6 is 0 Å². The third-order valence-corrected chi connectivity index (χ3v) is 8.98. The van der Waals surface area contributed by atoms with Crippen molar-refractivity contribution < 1.29 is 33.3 Å². The quantitative estimate of drug-likeness (QED) is 0.0675. The van der Waals surface area contributed by atoms with Crippen molar-refractivity contribution in [3.63, 3.8) is 0 Å². The summed E-state index contributed by atoms with van der Waals surface area (Å²) in [6.45, 7) is 1.16. The lowest BCUT2D eigenvalue weighted by molar-refractivity contribution is -0.120. The van der Waals surface area contributed by atoms with Gasteiger partial charge in [-0.25, -0.2) is 0 Å². The van der Waals surface area contributed by atoms with Crippen molar-refractivity contribution in [2.75, 3.05) is 6.54 Å². The average molecular weight is 764 g/mol. The Morgan fingerprint density at radius 2 is 0.860 bits per heavy atom. The first-order valence-electron chi connectivity index (χ1n) is 18.8. The molecule has 0 aromatic heterocycles. The fourth-order valence-electron chi connectivity index (χ4n) is 5.97. The van der Waals surface area contributed by atoms with Crippen molar-refractivity contribution in [3.8, 4) is 23.0 Å². The first-order valence-corrected chi connectivity index (χ1v) is 18.8. The average Bonchev–Trinajstić information content (AvgIpc) is 3.25. The van der Waals surface area contributed by atoms with E-state index in [9.17, 15) is 14.4 Å². The number of carbonyl (C=O) groups excluding carboxylic acids is 3. The second-order valence-corrected chi connectivity index (χ2v) is 13.2. The summed E-state index contributed by atoms with van der Waals surface area (Å²) in [7, 11) is 0. The van der Waals surface area contributed by atoms with E-state index in [1.54, 1.807) is 36.4 Å². The number of hydrogen-bond donors (Lipinski definition) is 3. The lowest BCUT2D eigenvalue weighted by atomic mass is 10.1. The Bertz CT molecular complexity index is 2200. The third-order valence-electron chi connectivity index (χ3n) is 8.98. The molecule has 4 N–H and O–H groups in total. The number of primary amides is 1. The third kappa shape index (κ3) is 11.7. The molecule has 57 heavy (non-hydrogen) atoms. The summed E-state index contributed by atoms with van der Waals surface area (Å²) in [5, 5.41) is 5.69. The molecule has 0 spiro atoms. The highest BCUT2D eigenvalue weighted by atomic mass is 16.5. The van der Waals surface area contributed by atoms with Crippen molar-refractivity contribution in [2.24, 2.45) is 5.73 Å². The van der Waals surface area contributed by atoms with E-state index in [1.165, 1.54) is 0 Å². The number of benzene rings is 6. The first kappa shape index (κ1) is 39.6. The Morgan fingerprint density at radius 1 is 0.474 bits per heavy atom. The van der Waals surface area contributed by atoms with Crippen molar-refractivity contribution >= 4 is 17.7 Å². The van der Waals surface area contributed by atoms with Gasteiger partial charge in [0.05, 0.1) is 11.1 Å². The Morgan fingerprint density at radius 3 is 1.26 bits per heavy atom. The van der Waals surface area contributed by atoms with Gasteiger partial charge in [0, 0.05) is 6.54 Å². The van der Waals surface area contributed by atoms with Crippen LogP contribution in [-0.2, 0) is 31.2 Å². The van der Waals surface area contributed by atoms with Gasteiger partial charge in [-0.2, -0.15) is 0 Å². The SMILES string of the molecule is NC(=O)[C@H](CCCNC(=O)c1cccc(OCc2ccccc2)c1OCc1ccccc1)NC(=O)c1cccc(OCc2ccccc2)c1OCc1ccccc1. The Kier molecular flexibility index (Phi) is 14.3. The number of hydrogen-bond acceptors (Lipinski definition) is 7. The van der Waals surface area contributed by atoms with E-state index in [0.29, 0.717) is 35.8 Å². The minimum absolute atomic E-state index is 0.170. The molecule has 6 aromatic rings. The highest BCUT2D eigenvalue weighted by Gasteiger charge is 2.24. The zero-order valence-corrected chi connectivity index (χ0v) is 31.5. The molecule has 0 unspecified atom stereocenters. The number of amides is 3. The number of carbonyl (C=O) groups is 3. The highest BCUT2D eigenvalue weighted by Crippen LogP contribution is 2.34. The topological polar surface area (TPSA) is 138 Å². The summed E-state index contributed by atoms with van der Waals surface area (Å²) in [5.74, 6) is -0.275. The van der Waals surface area contributed by atoms with Gasteiger partial charge >= 0.3 is 0 Å². The highest BCUT2D eigenvalue weighted by molar-refractivity contribution is 6.00. The van der Waals surface area contributed by atoms with Gasteiger partial charge in [-0.15, -0.1) is 0 Å². The minimum atomic E-state index is -1.02. The Balaban J connectivity index is 1.10. The monoisotopic (exact) mass is 763 g/mol. The fourth-order valence-corrected chi connectivity index (χ4v) is 5.97. The molecular weight excluding hydrogens is 719 g/mol. The lowest BCUT2D eigenvalue weighted by Crippen LogP contribution is -2.45. The summed E-state index contributed by atoms with van der Waals surface area (Å²) in [6, 6.07) is 47.8. The molecular formula is C47H45N3O7. The summed E-state index contributed by atoms with van der Waals surface area (Å²) in [5.41, 5.74) is 10.0. The van der Waals surface area contributed by atoms with E-state index in [-0.39, 0.29) is 50.0 Å². The lowest BCUT2D eigenvalue weighted by Gasteiger charge is -2.19. The fraction of sp³-hybridized carbons (Fsp3) is 0.170. The zero-order chi connectivity index (χ0) is 39.7. The van der Waals surface area contributed by atoms with E-state index in [1.807, 2.05) is 121 Å². The summed E-state index contributed by atoms with van der Waals surface area (Å²) in [6.07, 6.45) is 0.505. The minimum Gasteiger partial charge on any atom is -0.485 e. The van der Waals surface area contributed by atoms with Crippen LogP contribution < -0.4 is 35.3 Å². The van der Waals surface area contributed by atoms with Gasteiger partial charge in [0.2, 0.25) is 5.91 Å². The number of nitrogens with one attached hydrogen (secondary N) is 2. The maximum absolute atomic E-state index is 13.8. The summed E-state index contributed by atoms with van der Waals surface area (Å²) in [4.78, 5) is 40.0. The maximum atomic E-state index is 13.8. The molecule has 0 heterocycles. The van der Waals surface area contributed by atoms with E-state index in [4.69, 9.17) is 24.7 Å². The van der Waals surface area contributed by atoms with Gasteiger partial charge in [-0.3, -0.25) is 14.4 Å². The number of para-hydroxylation sites is 2. The molecule has 0 aliphatic carbocycles. The number of nitrogens with two attached hydrogens (primary N) is 1. The van der Waals surface area contributed by atoms with E-state index >= 15 is 0 Å². The molecule has 290 valence electrons. The van der Waals surface area contributed by atoms with Crippen molar-refractivity contribution in [1.29, 1.82) is 0 Å². The van der Waals surface area contributed by atoms with Gasteiger partial charge in [0.1, 0.15) is 32.5 Å². The molecule has 0 bridgehead atoms. The van der Waals surface area contributed by atoms with Crippen LogP contribution in [0.5, 0.6) is 23.0 Å². The van der Waals surface area contributed by atoms with Crippen LogP contribution in [0.3, 0.4) is 0 Å². The van der Waals surface area contributed by atoms with Crippen molar-refractivity contribution in [1.82, 2.24) is 10.6 Å². The van der Waals surface area contributed by atoms with Crippen LogP contribution in [0.1, 0.15) is 55.8 Å². The van der Waals surface area contributed by atoms with Gasteiger partial charge in [0.15, 0.2) is 23.0 Å². The van der Waals surface area contributed by atoms with E-state index in [2.05, 4.69) is 10.6 Å². The van der Waals surface area contributed by atoms with Crippen LogP contribution in [0.4, 0.5) is 0 Å². The molecule has 0 radical (unpaired) electrons. The number of ether oxygens (including phenoxy) is 4. The molecule has 6 aromatic carbocycles. The maximum Gasteiger partial charge on any atom is 0.255 e. The van der Waals surface area contributed by atoms with Gasteiger partial charge < -0.3 is 35.3 Å². The van der Waals surface area contributed by atoms with Gasteiger partial charge in [-0.05, 0) is 59.4 Å². The predicted molar refractivity (Wildman–Crippen MR) is 218 cm³/mol. The smallest absolute Gasteiger partial charge is 0.255 e. The van der Waals surface area contributed by atoms with Crippen LogP contribution in [-0.4, -0.2) is 30.3 Å². The standard InChI is InChI=1S/C47H45N3O7/c48-45(51)40(50-47(53)39-25-14-28-42(55-31-35-18-7-2-8-19-35)44(39)57-33-37-22-11-4-12-23-37)26-15-29-49-46(52)38-24-13-27-41(54-30-34-16-5-1-6-17-34)43(38)56-32-36-20-9-3-10-21-36/h1-14,16-25,27-28,40H,15,26,29-33H2,(H2,48,51)(H,49,52)(H,50,53)/t40-/m0/s1. The molecule has 0 saturated heterocycles. The van der Waals surface area contributed by atoms with Crippen LogP contribution in [0.15, 0.2) is 158 Å². The van der Waals surface area contributed by atoms with Crippen LogP contribution in [0, 0.1) is 0 Å². The zero-order valence-electron chi connectivity index (χ0n) is 31.5. The first-order chi connectivity index (χ1) is 27.9. The predicted octanol–water partition coefficient (Wildman–Crippen LogP) is 7.80. The second kappa shape index (κ2) is 20.6. The van der Waals surface area contributed by atoms with Gasteiger partial charge in [-0.1, -0.05) is 133 Å². The van der Waals surface area contributed by atoms with Gasteiger partial charge in [0.25, 0.3) is 11.8 Å². The second-order valence-electron chi connectivity index (χ2n) is 13.2. The van der Waals surface area contributed by atoms with E-state index < -0.39 is 17.9 Å². The summed E-state index contributed by atoms with van der Waals surface area (Å²) >= 11 is 0. The Hall–Kier alpha value is -7.07. The van der Waals surface area contributed by atoms with E-state index in [0.717, 1.165) is 22.3 Å².